The Bertz CT molecular complexity index is 1990. The fourth-order valence-electron chi connectivity index (χ4n) is 4.71. The van der Waals surface area contributed by atoms with Gasteiger partial charge in [0.1, 0.15) is 34.8 Å². The van der Waals surface area contributed by atoms with Crippen molar-refractivity contribution in [1.82, 2.24) is 15.1 Å². The van der Waals surface area contributed by atoms with Gasteiger partial charge in [0.2, 0.25) is 11.8 Å². The summed E-state index contributed by atoms with van der Waals surface area (Å²) in [4.78, 5) is 49.8. The predicted octanol–water partition coefficient (Wildman–Crippen LogP) is 8.89. The van der Waals surface area contributed by atoms with Crippen molar-refractivity contribution in [3.63, 3.8) is 0 Å². The third kappa shape index (κ3) is 9.92. The second-order valence-electron chi connectivity index (χ2n) is 13.4. The number of carbonyl (C=O) groups excluding carboxylic acids is 3. The number of halogens is 1. The molecule has 2 aromatic heterocycles. The molecule has 0 fully saturated rings. The van der Waals surface area contributed by atoms with E-state index in [1.165, 1.54) is 12.3 Å². The molecule has 0 atom stereocenters. The quantitative estimate of drug-likeness (QED) is 0.157. The van der Waals surface area contributed by atoms with Crippen LogP contribution >= 0.6 is 11.6 Å². The Morgan fingerprint density at radius 3 is 2.18 bits per heavy atom. The highest BCUT2D eigenvalue weighted by Crippen LogP contribution is 2.38. The molecule has 12 nitrogen and oxygen atoms in total. The van der Waals surface area contributed by atoms with E-state index >= 15 is 0 Å². The third-order valence-electron chi connectivity index (χ3n) is 6.86. The molecule has 0 bridgehead atoms. The first-order valence-corrected chi connectivity index (χ1v) is 16.4. The Morgan fingerprint density at radius 1 is 0.843 bits per heavy atom. The maximum Gasteiger partial charge on any atom is 0.425 e. The van der Waals surface area contributed by atoms with Crippen LogP contribution in [0.3, 0.4) is 0 Å². The summed E-state index contributed by atoms with van der Waals surface area (Å²) in [6, 6.07) is 25.2. The number of nitrogens with zero attached hydrogens (tertiary/aromatic N) is 4. The number of rotatable bonds is 9. The maximum atomic E-state index is 13.4. The van der Waals surface area contributed by atoms with Crippen LogP contribution in [0.2, 0.25) is 5.02 Å². The first-order chi connectivity index (χ1) is 24.2. The normalized spacial score (nSPS) is 11.4. The number of hydrogen-bond donors (Lipinski definition) is 1. The maximum absolute atomic E-state index is 13.4. The van der Waals surface area contributed by atoms with Gasteiger partial charge in [-0.1, -0.05) is 77.4 Å². The van der Waals surface area contributed by atoms with Gasteiger partial charge in [0, 0.05) is 22.8 Å². The minimum absolute atomic E-state index is 0.0236. The molecule has 0 saturated carbocycles. The Kier molecular flexibility index (Phi) is 11.0. The molecule has 0 aliphatic carbocycles. The largest absolute Gasteiger partial charge is 0.489 e. The molecule has 51 heavy (non-hydrogen) atoms. The molecule has 13 heteroatoms. The van der Waals surface area contributed by atoms with E-state index in [2.05, 4.69) is 20.4 Å². The molecule has 3 amide bonds. The van der Waals surface area contributed by atoms with Crippen LogP contribution in [0.5, 0.6) is 5.75 Å². The monoisotopic (exact) mass is 711 g/mol. The summed E-state index contributed by atoms with van der Waals surface area (Å²) >= 11 is 6.31. The lowest BCUT2D eigenvalue weighted by Crippen LogP contribution is -2.44. The van der Waals surface area contributed by atoms with Crippen molar-refractivity contribution in [3.05, 3.63) is 107 Å². The van der Waals surface area contributed by atoms with Gasteiger partial charge in [0.15, 0.2) is 11.6 Å². The number of benzene rings is 3. The minimum atomic E-state index is -1.01. The first kappa shape index (κ1) is 36.5. The number of imide groups is 1. The van der Waals surface area contributed by atoms with Crippen LogP contribution in [0.15, 0.2) is 95.6 Å². The number of aromatic nitrogens is 3. The van der Waals surface area contributed by atoms with Gasteiger partial charge in [-0.25, -0.2) is 19.6 Å². The van der Waals surface area contributed by atoms with E-state index in [4.69, 9.17) is 30.3 Å². The van der Waals surface area contributed by atoms with Gasteiger partial charge >= 0.3 is 12.2 Å². The van der Waals surface area contributed by atoms with Gasteiger partial charge in [0.05, 0.1) is 6.42 Å². The standard InChI is InChI=1S/C38H38ClN5O7/c1-37(2,3)49-35(46)44(36(47)50-38(4,5)6)29-19-20-40-33(41-29)31-32(26-16-12-17-27(21-26)48-23-24-13-8-7-9-14-24)43-51-34(31)42-30(45)22-25-15-10-11-18-28(25)39/h7-21H,22-23H2,1-6H3,(H,42,45). The molecule has 3 aromatic carbocycles. The topological polar surface area (TPSA) is 146 Å². The number of anilines is 2. The SMILES string of the molecule is CC(C)(C)OC(=O)N(C(=O)OC(C)(C)C)c1ccnc(-c2c(-c3cccc(OCc4ccccc4)c3)noc2NC(=O)Cc2ccccc2Cl)n1. The lowest BCUT2D eigenvalue weighted by atomic mass is 10.1. The summed E-state index contributed by atoms with van der Waals surface area (Å²) < 4.78 is 22.8. The van der Waals surface area contributed by atoms with Crippen LogP contribution in [0.1, 0.15) is 52.7 Å². The Labute approximate surface area is 300 Å². The van der Waals surface area contributed by atoms with E-state index in [0.29, 0.717) is 33.4 Å². The molecular formula is C38H38ClN5O7. The summed E-state index contributed by atoms with van der Waals surface area (Å²) in [6.07, 6.45) is -0.735. The Morgan fingerprint density at radius 2 is 1.51 bits per heavy atom. The Balaban J connectivity index is 1.57. The van der Waals surface area contributed by atoms with Crippen molar-refractivity contribution in [2.24, 2.45) is 0 Å². The highest BCUT2D eigenvalue weighted by atomic mass is 35.5. The van der Waals surface area contributed by atoms with Crippen LogP contribution in [-0.4, -0.2) is 44.4 Å². The molecule has 0 unspecified atom stereocenters. The number of nitrogens with one attached hydrogen (secondary N) is 1. The molecule has 5 rings (SSSR count). The molecule has 0 saturated heterocycles. The van der Waals surface area contributed by atoms with Gasteiger partial charge in [-0.3, -0.25) is 10.1 Å². The second kappa shape index (κ2) is 15.4. The van der Waals surface area contributed by atoms with Gasteiger partial charge in [-0.2, -0.15) is 4.90 Å². The van der Waals surface area contributed by atoms with Crippen molar-refractivity contribution in [2.45, 2.75) is 65.8 Å². The molecule has 2 heterocycles. The van der Waals surface area contributed by atoms with E-state index in [1.807, 2.05) is 30.3 Å². The van der Waals surface area contributed by atoms with E-state index in [1.54, 1.807) is 90.1 Å². The second-order valence-corrected chi connectivity index (χ2v) is 13.8. The highest BCUT2D eigenvalue weighted by Gasteiger charge is 2.34. The third-order valence-corrected chi connectivity index (χ3v) is 7.22. The Hall–Kier alpha value is -5.75. The van der Waals surface area contributed by atoms with Crippen molar-refractivity contribution in [3.8, 4) is 28.4 Å². The molecular weight excluding hydrogens is 674 g/mol. The van der Waals surface area contributed by atoms with E-state index in [0.717, 1.165) is 5.56 Å². The number of amides is 3. The molecule has 0 aliphatic rings. The van der Waals surface area contributed by atoms with Crippen molar-refractivity contribution in [2.75, 3.05) is 10.2 Å². The first-order valence-electron chi connectivity index (χ1n) is 16.1. The zero-order valence-electron chi connectivity index (χ0n) is 29.1. The molecule has 0 radical (unpaired) electrons. The van der Waals surface area contributed by atoms with Crippen LogP contribution in [-0.2, 0) is 27.3 Å². The fraction of sp³-hybridized carbons (Fsp3) is 0.263. The predicted molar refractivity (Wildman–Crippen MR) is 192 cm³/mol. The molecule has 0 aliphatic heterocycles. The average Bonchev–Trinajstić information content (AvgIpc) is 3.47. The smallest absolute Gasteiger partial charge is 0.425 e. The van der Waals surface area contributed by atoms with E-state index in [9.17, 15) is 14.4 Å². The summed E-state index contributed by atoms with van der Waals surface area (Å²) in [6.45, 7) is 10.3. The van der Waals surface area contributed by atoms with Gasteiger partial charge in [-0.15, -0.1) is 0 Å². The molecule has 264 valence electrons. The summed E-state index contributed by atoms with van der Waals surface area (Å²) in [5, 5.41) is 7.48. The van der Waals surface area contributed by atoms with Gasteiger partial charge in [-0.05, 0) is 70.9 Å². The van der Waals surface area contributed by atoms with Gasteiger partial charge in [0.25, 0.3) is 0 Å². The highest BCUT2D eigenvalue weighted by molar-refractivity contribution is 6.31. The average molecular weight is 712 g/mol. The zero-order valence-corrected chi connectivity index (χ0v) is 29.9. The van der Waals surface area contributed by atoms with Gasteiger partial charge < -0.3 is 18.7 Å². The molecule has 1 N–H and O–H groups in total. The van der Waals surface area contributed by atoms with E-state index in [-0.39, 0.29) is 35.2 Å². The zero-order chi connectivity index (χ0) is 36.8. The number of ether oxygens (including phenoxy) is 3. The molecule has 0 spiro atoms. The molecule has 5 aromatic rings. The van der Waals surface area contributed by atoms with Crippen molar-refractivity contribution in [1.29, 1.82) is 0 Å². The van der Waals surface area contributed by atoms with Crippen LogP contribution in [0.25, 0.3) is 22.6 Å². The number of hydrogen-bond acceptors (Lipinski definition) is 10. The van der Waals surface area contributed by atoms with E-state index < -0.39 is 29.3 Å². The lowest BCUT2D eigenvalue weighted by molar-refractivity contribution is -0.115. The van der Waals surface area contributed by atoms with Crippen LogP contribution in [0, 0.1) is 0 Å². The summed E-state index contributed by atoms with van der Waals surface area (Å²) in [5.74, 6) is -0.151. The fourth-order valence-corrected chi connectivity index (χ4v) is 4.91. The summed E-state index contributed by atoms with van der Waals surface area (Å²) in [7, 11) is 0. The van der Waals surface area contributed by atoms with Crippen LogP contribution in [0.4, 0.5) is 21.3 Å². The summed E-state index contributed by atoms with van der Waals surface area (Å²) in [5.41, 5.74) is 0.687. The van der Waals surface area contributed by atoms with Crippen molar-refractivity contribution >= 4 is 41.4 Å². The lowest BCUT2D eigenvalue weighted by Gasteiger charge is -2.28. The van der Waals surface area contributed by atoms with Crippen LogP contribution < -0.4 is 15.0 Å². The van der Waals surface area contributed by atoms with Crippen molar-refractivity contribution < 1.29 is 33.1 Å². The minimum Gasteiger partial charge on any atom is -0.489 e. The number of carbonyl (C=O) groups is 3.